The van der Waals surface area contributed by atoms with Crippen LogP contribution >= 0.6 is 0 Å². The van der Waals surface area contributed by atoms with Crippen LogP contribution in [0.2, 0.25) is 0 Å². The fourth-order valence-electron chi connectivity index (χ4n) is 2.67. The minimum Gasteiger partial charge on any atom is -0.352 e. The van der Waals surface area contributed by atoms with Gasteiger partial charge in [-0.05, 0) is 31.7 Å². The SMILES string of the molecule is CC(C)(C)C(=O)NC1CCC2CCN(C2)C1. The molecule has 2 rings (SSSR count). The number of hydrogen-bond donors (Lipinski definition) is 1. The van der Waals surface area contributed by atoms with E-state index in [1.807, 2.05) is 20.8 Å². The minimum atomic E-state index is -0.263. The van der Waals surface area contributed by atoms with Crippen molar-refractivity contribution in [1.29, 1.82) is 0 Å². The molecule has 1 N–H and O–H groups in total. The van der Waals surface area contributed by atoms with Crippen molar-refractivity contribution in [2.45, 2.75) is 46.1 Å². The Labute approximate surface area is 98.6 Å². The van der Waals surface area contributed by atoms with Gasteiger partial charge in [0.2, 0.25) is 5.91 Å². The Morgan fingerprint density at radius 3 is 2.62 bits per heavy atom. The third-order valence-electron chi connectivity index (χ3n) is 3.79. The topological polar surface area (TPSA) is 32.3 Å². The Morgan fingerprint density at radius 1 is 1.19 bits per heavy atom. The number of rotatable bonds is 1. The van der Waals surface area contributed by atoms with Crippen LogP contribution in [-0.4, -0.2) is 36.5 Å². The van der Waals surface area contributed by atoms with Crippen molar-refractivity contribution in [3.63, 3.8) is 0 Å². The van der Waals surface area contributed by atoms with Gasteiger partial charge in [-0.1, -0.05) is 20.8 Å². The maximum Gasteiger partial charge on any atom is 0.225 e. The third-order valence-corrected chi connectivity index (χ3v) is 3.79. The first kappa shape index (κ1) is 11.9. The minimum absolute atomic E-state index is 0.191. The molecule has 2 aliphatic heterocycles. The molecule has 2 bridgehead atoms. The van der Waals surface area contributed by atoms with Crippen molar-refractivity contribution in [3.8, 4) is 0 Å². The predicted molar refractivity (Wildman–Crippen MR) is 65.2 cm³/mol. The molecule has 2 fully saturated rings. The second-order valence-corrected chi connectivity index (χ2v) is 6.41. The summed E-state index contributed by atoms with van der Waals surface area (Å²) in [6.07, 6.45) is 3.80. The summed E-state index contributed by atoms with van der Waals surface area (Å²) in [5.74, 6) is 1.08. The summed E-state index contributed by atoms with van der Waals surface area (Å²) in [7, 11) is 0. The zero-order valence-electron chi connectivity index (χ0n) is 10.8. The molecule has 1 amide bonds. The molecule has 0 aromatic heterocycles. The molecule has 0 spiro atoms. The van der Waals surface area contributed by atoms with Crippen LogP contribution in [0.1, 0.15) is 40.0 Å². The van der Waals surface area contributed by atoms with Crippen molar-refractivity contribution in [1.82, 2.24) is 10.2 Å². The van der Waals surface area contributed by atoms with Gasteiger partial charge in [0.15, 0.2) is 0 Å². The number of nitrogens with zero attached hydrogens (tertiary/aromatic N) is 1. The Hall–Kier alpha value is -0.570. The lowest BCUT2D eigenvalue weighted by molar-refractivity contribution is -0.129. The van der Waals surface area contributed by atoms with E-state index in [9.17, 15) is 4.79 Å². The van der Waals surface area contributed by atoms with Crippen LogP contribution in [0.15, 0.2) is 0 Å². The van der Waals surface area contributed by atoms with E-state index in [1.165, 1.54) is 25.9 Å². The maximum absolute atomic E-state index is 11.9. The van der Waals surface area contributed by atoms with Gasteiger partial charge in [-0.2, -0.15) is 0 Å². The molecule has 2 aliphatic rings. The van der Waals surface area contributed by atoms with Crippen LogP contribution in [0, 0.1) is 11.3 Å². The van der Waals surface area contributed by atoms with Gasteiger partial charge in [-0.15, -0.1) is 0 Å². The molecule has 0 radical (unpaired) electrons. The van der Waals surface area contributed by atoms with E-state index in [4.69, 9.17) is 0 Å². The van der Waals surface area contributed by atoms with Crippen molar-refractivity contribution in [2.24, 2.45) is 11.3 Å². The highest BCUT2D eigenvalue weighted by atomic mass is 16.2. The molecule has 0 aromatic rings. The average molecular weight is 224 g/mol. The predicted octanol–water partition coefficient (Wildman–Crippen LogP) is 1.63. The molecular weight excluding hydrogens is 200 g/mol. The summed E-state index contributed by atoms with van der Waals surface area (Å²) in [4.78, 5) is 14.4. The quantitative estimate of drug-likeness (QED) is 0.734. The third kappa shape index (κ3) is 2.76. The lowest BCUT2D eigenvalue weighted by atomic mass is 9.94. The zero-order chi connectivity index (χ0) is 11.8. The Bertz CT molecular complexity index is 270. The molecule has 0 aliphatic carbocycles. The monoisotopic (exact) mass is 224 g/mol. The summed E-state index contributed by atoms with van der Waals surface area (Å²) >= 11 is 0. The molecule has 2 heterocycles. The molecule has 3 unspecified atom stereocenters. The lowest BCUT2D eigenvalue weighted by Crippen LogP contribution is -2.46. The Kier molecular flexibility index (Phi) is 3.24. The van der Waals surface area contributed by atoms with Crippen LogP contribution in [-0.2, 0) is 4.79 Å². The average Bonchev–Trinajstić information content (AvgIpc) is 2.49. The van der Waals surface area contributed by atoms with Crippen LogP contribution in [0.5, 0.6) is 0 Å². The van der Waals surface area contributed by atoms with Gasteiger partial charge >= 0.3 is 0 Å². The molecule has 0 aromatic carbocycles. The van der Waals surface area contributed by atoms with Crippen molar-refractivity contribution >= 4 is 5.91 Å². The molecule has 3 nitrogen and oxygen atoms in total. The van der Waals surface area contributed by atoms with E-state index in [0.717, 1.165) is 18.9 Å². The van der Waals surface area contributed by atoms with Crippen molar-refractivity contribution in [3.05, 3.63) is 0 Å². The normalized spacial score (nSPS) is 34.6. The first-order valence-corrected chi connectivity index (χ1v) is 6.48. The number of carbonyl (C=O) groups is 1. The van der Waals surface area contributed by atoms with Gasteiger partial charge in [0.05, 0.1) is 0 Å². The summed E-state index contributed by atoms with van der Waals surface area (Å²) in [5, 5.41) is 3.20. The van der Waals surface area contributed by atoms with E-state index in [2.05, 4.69) is 10.2 Å². The van der Waals surface area contributed by atoms with Gasteiger partial charge in [0.25, 0.3) is 0 Å². The first-order valence-electron chi connectivity index (χ1n) is 6.48. The lowest BCUT2D eigenvalue weighted by Gasteiger charge is -2.26. The highest BCUT2D eigenvalue weighted by Crippen LogP contribution is 2.26. The second kappa shape index (κ2) is 4.36. The fourth-order valence-corrected chi connectivity index (χ4v) is 2.67. The Balaban J connectivity index is 1.89. The summed E-state index contributed by atoms with van der Waals surface area (Å²) < 4.78 is 0. The molecular formula is C13H24N2O. The molecule has 3 heteroatoms. The summed E-state index contributed by atoms with van der Waals surface area (Å²) in [6, 6.07) is 0.372. The standard InChI is InChI=1S/C13H24N2O/c1-13(2,3)12(16)14-11-5-4-10-6-7-15(8-10)9-11/h10-11H,4-9H2,1-3H3,(H,14,16). The van der Waals surface area contributed by atoms with E-state index in [0.29, 0.717) is 6.04 Å². The van der Waals surface area contributed by atoms with Crippen LogP contribution in [0.4, 0.5) is 0 Å². The van der Waals surface area contributed by atoms with Gasteiger partial charge in [-0.25, -0.2) is 0 Å². The molecule has 2 saturated heterocycles. The molecule has 16 heavy (non-hydrogen) atoms. The van der Waals surface area contributed by atoms with E-state index >= 15 is 0 Å². The van der Waals surface area contributed by atoms with Crippen LogP contribution in [0.25, 0.3) is 0 Å². The van der Waals surface area contributed by atoms with E-state index in [-0.39, 0.29) is 11.3 Å². The molecule has 3 atom stereocenters. The largest absolute Gasteiger partial charge is 0.352 e. The first-order chi connectivity index (χ1) is 7.45. The van der Waals surface area contributed by atoms with Gasteiger partial charge in [-0.3, -0.25) is 4.79 Å². The molecule has 0 saturated carbocycles. The number of amides is 1. The van der Waals surface area contributed by atoms with Gasteiger partial charge < -0.3 is 10.2 Å². The number of carbonyl (C=O) groups excluding carboxylic acids is 1. The summed E-state index contributed by atoms with van der Waals surface area (Å²) in [5.41, 5.74) is -0.263. The summed E-state index contributed by atoms with van der Waals surface area (Å²) in [6.45, 7) is 9.47. The van der Waals surface area contributed by atoms with Crippen LogP contribution in [0.3, 0.4) is 0 Å². The van der Waals surface area contributed by atoms with Crippen molar-refractivity contribution in [2.75, 3.05) is 19.6 Å². The smallest absolute Gasteiger partial charge is 0.225 e. The number of fused-ring (bicyclic) bond motifs is 2. The maximum atomic E-state index is 11.9. The Morgan fingerprint density at radius 2 is 1.94 bits per heavy atom. The van der Waals surface area contributed by atoms with E-state index < -0.39 is 0 Å². The zero-order valence-corrected chi connectivity index (χ0v) is 10.8. The van der Waals surface area contributed by atoms with Crippen LogP contribution < -0.4 is 5.32 Å². The second-order valence-electron chi connectivity index (χ2n) is 6.41. The van der Waals surface area contributed by atoms with Crippen molar-refractivity contribution < 1.29 is 4.79 Å². The molecule has 92 valence electrons. The van der Waals surface area contributed by atoms with E-state index in [1.54, 1.807) is 0 Å². The highest BCUT2D eigenvalue weighted by Gasteiger charge is 2.31. The number of nitrogens with one attached hydrogen (secondary N) is 1. The fraction of sp³-hybridized carbons (Fsp3) is 0.923. The highest BCUT2D eigenvalue weighted by molar-refractivity contribution is 5.81. The number of hydrogen-bond acceptors (Lipinski definition) is 2. The van der Waals surface area contributed by atoms with Gasteiger partial charge in [0, 0.05) is 24.5 Å². The van der Waals surface area contributed by atoms with Gasteiger partial charge in [0.1, 0.15) is 0 Å².